The Balaban J connectivity index is 1.99. The second-order valence-corrected chi connectivity index (χ2v) is 5.03. The van der Waals surface area contributed by atoms with Crippen LogP contribution < -0.4 is 10.6 Å². The Morgan fingerprint density at radius 2 is 2.12 bits per heavy atom. The van der Waals surface area contributed by atoms with Crippen LogP contribution in [0.15, 0.2) is 28.3 Å². The van der Waals surface area contributed by atoms with Crippen molar-refractivity contribution >= 4 is 38.9 Å². The van der Waals surface area contributed by atoms with E-state index in [1.54, 1.807) is 17.7 Å². The summed E-state index contributed by atoms with van der Waals surface area (Å²) in [6.45, 7) is 0.774. The van der Waals surface area contributed by atoms with Crippen molar-refractivity contribution in [2.75, 3.05) is 17.7 Å². The molecule has 2 aromatic rings. The van der Waals surface area contributed by atoms with Crippen molar-refractivity contribution in [3.63, 3.8) is 0 Å². The molecule has 0 spiro atoms. The van der Waals surface area contributed by atoms with Crippen LogP contribution in [-0.4, -0.2) is 17.0 Å². The van der Waals surface area contributed by atoms with E-state index in [0.717, 1.165) is 22.7 Å². The summed E-state index contributed by atoms with van der Waals surface area (Å²) < 4.78 is 1.12. The number of thiophene rings is 1. The number of nitrogens with zero attached hydrogens (tertiary/aromatic N) is 2. The maximum absolute atomic E-state index is 4.14. The van der Waals surface area contributed by atoms with E-state index in [9.17, 15) is 0 Å². The highest BCUT2D eigenvalue weighted by Gasteiger charge is 1.99. The van der Waals surface area contributed by atoms with Crippen molar-refractivity contribution in [3.8, 4) is 0 Å². The molecule has 0 aliphatic rings. The van der Waals surface area contributed by atoms with Crippen molar-refractivity contribution in [3.05, 3.63) is 33.2 Å². The van der Waals surface area contributed by atoms with E-state index in [1.165, 1.54) is 4.88 Å². The van der Waals surface area contributed by atoms with Crippen LogP contribution >= 0.6 is 27.3 Å². The third-order valence-electron chi connectivity index (χ3n) is 1.99. The van der Waals surface area contributed by atoms with Crippen LogP contribution in [0.3, 0.4) is 0 Å². The molecule has 0 aliphatic heterocycles. The van der Waals surface area contributed by atoms with Crippen LogP contribution in [0.1, 0.15) is 4.88 Å². The number of hydrogen-bond acceptors (Lipinski definition) is 5. The maximum atomic E-state index is 4.14. The molecule has 2 N–H and O–H groups in total. The Morgan fingerprint density at radius 1 is 1.31 bits per heavy atom. The Hall–Kier alpha value is -1.14. The van der Waals surface area contributed by atoms with E-state index in [2.05, 4.69) is 48.0 Å². The molecular formula is C10H11BrN4S. The zero-order valence-corrected chi connectivity index (χ0v) is 11.1. The van der Waals surface area contributed by atoms with Gasteiger partial charge in [-0.2, -0.15) is 0 Å². The van der Waals surface area contributed by atoms with Gasteiger partial charge in [0.25, 0.3) is 0 Å². The van der Waals surface area contributed by atoms with E-state index in [1.807, 2.05) is 13.1 Å². The van der Waals surface area contributed by atoms with E-state index >= 15 is 0 Å². The maximum Gasteiger partial charge on any atom is 0.131 e. The van der Waals surface area contributed by atoms with Gasteiger partial charge < -0.3 is 10.6 Å². The minimum Gasteiger partial charge on any atom is -0.373 e. The molecule has 0 saturated heterocycles. The van der Waals surface area contributed by atoms with Crippen molar-refractivity contribution in [1.29, 1.82) is 0 Å². The zero-order valence-electron chi connectivity index (χ0n) is 8.70. The molecule has 4 nitrogen and oxygen atoms in total. The molecule has 2 rings (SSSR count). The second kappa shape index (κ2) is 5.27. The quantitative estimate of drug-likeness (QED) is 0.911. The highest BCUT2D eigenvalue weighted by atomic mass is 79.9. The summed E-state index contributed by atoms with van der Waals surface area (Å²) >= 11 is 5.14. The molecule has 0 aliphatic carbocycles. The SMILES string of the molecule is CNc1cc(NCc2cc(Br)cs2)ncn1. The third-order valence-corrected chi connectivity index (χ3v) is 3.69. The first-order valence-electron chi connectivity index (χ1n) is 4.74. The summed E-state index contributed by atoms with van der Waals surface area (Å²) in [7, 11) is 1.84. The summed E-state index contributed by atoms with van der Waals surface area (Å²) in [5, 5.41) is 8.29. The van der Waals surface area contributed by atoms with Crippen molar-refractivity contribution in [1.82, 2.24) is 9.97 Å². The minimum atomic E-state index is 0.774. The van der Waals surface area contributed by atoms with Gasteiger partial charge in [0.2, 0.25) is 0 Å². The molecule has 0 amide bonds. The smallest absolute Gasteiger partial charge is 0.131 e. The predicted octanol–water partition coefficient (Wildman–Crippen LogP) is 2.95. The Bertz CT molecular complexity index is 471. The van der Waals surface area contributed by atoms with Crippen LogP contribution in [0.5, 0.6) is 0 Å². The molecule has 2 heterocycles. The first kappa shape index (κ1) is 11.3. The molecule has 2 aromatic heterocycles. The van der Waals surface area contributed by atoms with Gasteiger partial charge in [-0.15, -0.1) is 11.3 Å². The van der Waals surface area contributed by atoms with Gasteiger partial charge in [-0.25, -0.2) is 9.97 Å². The molecule has 0 unspecified atom stereocenters. The van der Waals surface area contributed by atoms with Gasteiger partial charge in [0.1, 0.15) is 18.0 Å². The Kier molecular flexibility index (Phi) is 3.74. The largest absolute Gasteiger partial charge is 0.373 e. The standard InChI is InChI=1S/C10H11BrN4S/c1-12-9-3-10(15-6-14-9)13-4-8-2-7(11)5-16-8/h2-3,5-6H,4H2,1H3,(H2,12,13,14,15). The third kappa shape index (κ3) is 2.93. The van der Waals surface area contributed by atoms with E-state index < -0.39 is 0 Å². The minimum absolute atomic E-state index is 0.774. The van der Waals surface area contributed by atoms with Crippen molar-refractivity contribution in [2.24, 2.45) is 0 Å². The molecule has 6 heteroatoms. The number of halogens is 1. The first-order chi connectivity index (χ1) is 7.78. The summed E-state index contributed by atoms with van der Waals surface area (Å²) in [5.41, 5.74) is 0. The lowest BCUT2D eigenvalue weighted by Crippen LogP contribution is -2.01. The summed E-state index contributed by atoms with van der Waals surface area (Å²) in [6, 6.07) is 3.97. The van der Waals surface area contributed by atoms with Crippen molar-refractivity contribution < 1.29 is 0 Å². The number of rotatable bonds is 4. The van der Waals surface area contributed by atoms with Gasteiger partial charge in [0.15, 0.2) is 0 Å². The molecule has 16 heavy (non-hydrogen) atoms. The lowest BCUT2D eigenvalue weighted by atomic mass is 10.4. The highest BCUT2D eigenvalue weighted by molar-refractivity contribution is 9.10. The fraction of sp³-hybridized carbons (Fsp3) is 0.200. The molecule has 0 radical (unpaired) electrons. The molecule has 84 valence electrons. The van der Waals surface area contributed by atoms with Gasteiger partial charge in [0, 0.05) is 27.8 Å². The van der Waals surface area contributed by atoms with Gasteiger partial charge in [0.05, 0.1) is 6.54 Å². The van der Waals surface area contributed by atoms with Crippen LogP contribution in [0.25, 0.3) is 0 Å². The lowest BCUT2D eigenvalue weighted by molar-refractivity contribution is 1.10. The fourth-order valence-corrected chi connectivity index (χ4v) is 2.61. The summed E-state index contributed by atoms with van der Waals surface area (Å²) in [5.74, 6) is 1.63. The molecule has 0 bridgehead atoms. The monoisotopic (exact) mass is 298 g/mol. The fourth-order valence-electron chi connectivity index (χ4n) is 1.21. The van der Waals surface area contributed by atoms with Crippen LogP contribution in [-0.2, 0) is 6.54 Å². The van der Waals surface area contributed by atoms with Gasteiger partial charge in [-0.05, 0) is 22.0 Å². The molecular weight excluding hydrogens is 288 g/mol. The zero-order chi connectivity index (χ0) is 11.4. The van der Waals surface area contributed by atoms with Gasteiger partial charge in [-0.3, -0.25) is 0 Å². The van der Waals surface area contributed by atoms with E-state index in [4.69, 9.17) is 0 Å². The normalized spacial score (nSPS) is 10.1. The summed E-state index contributed by atoms with van der Waals surface area (Å²) in [6.07, 6.45) is 1.54. The first-order valence-corrected chi connectivity index (χ1v) is 6.42. The number of nitrogens with one attached hydrogen (secondary N) is 2. The Labute approximate surface area is 106 Å². The number of hydrogen-bond donors (Lipinski definition) is 2. The molecule has 0 saturated carbocycles. The van der Waals surface area contributed by atoms with Crippen molar-refractivity contribution in [2.45, 2.75) is 6.54 Å². The number of anilines is 2. The van der Waals surface area contributed by atoms with Crippen LogP contribution in [0, 0.1) is 0 Å². The van der Waals surface area contributed by atoms with Crippen LogP contribution in [0.4, 0.5) is 11.6 Å². The molecule has 0 aromatic carbocycles. The average Bonchev–Trinajstić information content (AvgIpc) is 2.73. The molecule has 0 atom stereocenters. The second-order valence-electron chi connectivity index (χ2n) is 3.12. The topological polar surface area (TPSA) is 49.8 Å². The lowest BCUT2D eigenvalue weighted by Gasteiger charge is -2.04. The number of aromatic nitrogens is 2. The average molecular weight is 299 g/mol. The summed E-state index contributed by atoms with van der Waals surface area (Å²) in [4.78, 5) is 9.45. The predicted molar refractivity (Wildman–Crippen MR) is 70.9 cm³/mol. The van der Waals surface area contributed by atoms with Gasteiger partial charge >= 0.3 is 0 Å². The highest BCUT2D eigenvalue weighted by Crippen LogP contribution is 2.20. The van der Waals surface area contributed by atoms with Gasteiger partial charge in [-0.1, -0.05) is 0 Å². The van der Waals surface area contributed by atoms with E-state index in [0.29, 0.717) is 0 Å². The van der Waals surface area contributed by atoms with E-state index in [-0.39, 0.29) is 0 Å². The Morgan fingerprint density at radius 3 is 2.81 bits per heavy atom. The molecule has 0 fully saturated rings. The van der Waals surface area contributed by atoms with Crippen LogP contribution in [0.2, 0.25) is 0 Å².